The summed E-state index contributed by atoms with van der Waals surface area (Å²) in [6.45, 7) is 6.63. The SMILES string of the molecule is CCN(CC)OP(=O)(O)CC. The first-order valence-corrected chi connectivity index (χ1v) is 5.58. The van der Waals surface area contributed by atoms with Crippen molar-refractivity contribution in [2.45, 2.75) is 20.8 Å². The summed E-state index contributed by atoms with van der Waals surface area (Å²) in [4.78, 5) is 9.05. The van der Waals surface area contributed by atoms with Crippen LogP contribution in [-0.2, 0) is 9.19 Å². The van der Waals surface area contributed by atoms with E-state index >= 15 is 0 Å². The molecule has 0 aromatic carbocycles. The van der Waals surface area contributed by atoms with Crippen LogP contribution in [0.4, 0.5) is 0 Å². The molecule has 68 valence electrons. The number of hydrogen-bond donors (Lipinski definition) is 1. The average molecular weight is 181 g/mol. The van der Waals surface area contributed by atoms with Crippen LogP contribution in [0.2, 0.25) is 0 Å². The number of hydroxylamine groups is 2. The zero-order valence-electron chi connectivity index (χ0n) is 7.28. The highest BCUT2D eigenvalue weighted by Crippen LogP contribution is 2.41. The van der Waals surface area contributed by atoms with Gasteiger partial charge in [-0.25, -0.2) is 4.62 Å². The molecule has 1 atom stereocenters. The van der Waals surface area contributed by atoms with Crippen molar-refractivity contribution in [3.63, 3.8) is 0 Å². The maximum Gasteiger partial charge on any atom is 0.344 e. The number of nitrogens with zero attached hydrogens (tertiary/aromatic N) is 1. The first kappa shape index (κ1) is 11.1. The van der Waals surface area contributed by atoms with Gasteiger partial charge in [0.25, 0.3) is 0 Å². The second-order valence-corrected chi connectivity index (χ2v) is 4.22. The van der Waals surface area contributed by atoms with Gasteiger partial charge in [-0.2, -0.15) is 5.06 Å². The fourth-order valence-corrected chi connectivity index (χ4v) is 1.28. The predicted molar refractivity (Wildman–Crippen MR) is 44.4 cm³/mol. The maximum absolute atomic E-state index is 11.0. The third-order valence-corrected chi connectivity index (χ3v) is 2.63. The quantitative estimate of drug-likeness (QED) is 0.515. The molecule has 0 saturated heterocycles. The van der Waals surface area contributed by atoms with Gasteiger partial charge in [-0.3, -0.25) is 4.57 Å². The summed E-state index contributed by atoms with van der Waals surface area (Å²) in [5, 5.41) is 1.48. The topological polar surface area (TPSA) is 49.8 Å². The van der Waals surface area contributed by atoms with Crippen LogP contribution in [-0.4, -0.2) is 29.2 Å². The molecule has 0 fully saturated rings. The summed E-state index contributed by atoms with van der Waals surface area (Å²) in [5.41, 5.74) is 0. The molecule has 0 aromatic heterocycles. The van der Waals surface area contributed by atoms with Crippen LogP contribution in [0.1, 0.15) is 20.8 Å². The molecule has 0 aliphatic heterocycles. The van der Waals surface area contributed by atoms with E-state index in [1.807, 2.05) is 13.8 Å². The van der Waals surface area contributed by atoms with E-state index in [0.717, 1.165) is 0 Å². The predicted octanol–water partition coefficient (Wildman–Crippen LogP) is 1.47. The van der Waals surface area contributed by atoms with E-state index in [4.69, 9.17) is 9.52 Å². The Morgan fingerprint density at radius 1 is 1.36 bits per heavy atom. The second-order valence-electron chi connectivity index (χ2n) is 2.15. The highest BCUT2D eigenvalue weighted by atomic mass is 31.2. The smallest absolute Gasteiger partial charge is 0.323 e. The van der Waals surface area contributed by atoms with Crippen molar-refractivity contribution in [1.29, 1.82) is 0 Å². The number of rotatable bonds is 5. The third kappa shape index (κ3) is 4.53. The molecular formula is C6H16NO3P. The lowest BCUT2D eigenvalue weighted by molar-refractivity contribution is -0.0574. The van der Waals surface area contributed by atoms with Crippen LogP contribution in [0.5, 0.6) is 0 Å². The molecule has 0 amide bonds. The van der Waals surface area contributed by atoms with Crippen molar-refractivity contribution in [3.8, 4) is 0 Å². The van der Waals surface area contributed by atoms with Crippen molar-refractivity contribution in [2.24, 2.45) is 0 Å². The van der Waals surface area contributed by atoms with Crippen LogP contribution in [0.3, 0.4) is 0 Å². The lowest BCUT2D eigenvalue weighted by Crippen LogP contribution is -2.22. The highest BCUT2D eigenvalue weighted by Gasteiger charge is 2.19. The Kier molecular flexibility index (Phi) is 4.93. The van der Waals surface area contributed by atoms with Crippen LogP contribution < -0.4 is 0 Å². The summed E-state index contributed by atoms with van der Waals surface area (Å²) >= 11 is 0. The van der Waals surface area contributed by atoms with Gasteiger partial charge in [-0.15, -0.1) is 0 Å². The number of hydrogen-bond acceptors (Lipinski definition) is 3. The van der Waals surface area contributed by atoms with Crippen molar-refractivity contribution < 1.29 is 14.1 Å². The molecule has 4 nitrogen and oxygen atoms in total. The molecule has 0 heterocycles. The van der Waals surface area contributed by atoms with Gasteiger partial charge in [0.2, 0.25) is 0 Å². The van der Waals surface area contributed by atoms with Gasteiger partial charge in [-0.05, 0) is 0 Å². The molecule has 5 heteroatoms. The van der Waals surface area contributed by atoms with Crippen LogP contribution in [0.25, 0.3) is 0 Å². The van der Waals surface area contributed by atoms with E-state index in [9.17, 15) is 4.57 Å². The van der Waals surface area contributed by atoms with Gasteiger partial charge in [-0.1, -0.05) is 20.8 Å². The van der Waals surface area contributed by atoms with Crippen LogP contribution in [0, 0.1) is 0 Å². The molecule has 0 aliphatic rings. The zero-order valence-corrected chi connectivity index (χ0v) is 8.17. The molecule has 11 heavy (non-hydrogen) atoms. The Morgan fingerprint density at radius 2 is 1.82 bits per heavy atom. The van der Waals surface area contributed by atoms with E-state index in [2.05, 4.69) is 0 Å². The molecule has 0 radical (unpaired) electrons. The largest absolute Gasteiger partial charge is 0.344 e. The Balaban J connectivity index is 3.90. The van der Waals surface area contributed by atoms with Gasteiger partial charge in [0.05, 0.1) is 0 Å². The van der Waals surface area contributed by atoms with Crippen molar-refractivity contribution in [2.75, 3.05) is 19.3 Å². The molecule has 0 aromatic rings. The molecule has 1 N–H and O–H groups in total. The monoisotopic (exact) mass is 181 g/mol. The lowest BCUT2D eigenvalue weighted by Gasteiger charge is -2.20. The van der Waals surface area contributed by atoms with Crippen molar-refractivity contribution in [3.05, 3.63) is 0 Å². The summed E-state index contributed by atoms with van der Waals surface area (Å²) in [6.07, 6.45) is 0.156. The first-order chi connectivity index (χ1) is 5.05. The fraction of sp³-hybridized carbons (Fsp3) is 1.00. The highest BCUT2D eigenvalue weighted by molar-refractivity contribution is 7.52. The van der Waals surface area contributed by atoms with E-state index < -0.39 is 7.60 Å². The molecule has 0 bridgehead atoms. The standard InChI is InChI=1S/C6H16NO3P/c1-4-7(5-2)10-11(8,9)6-3/h4-6H2,1-3H3,(H,8,9). The van der Waals surface area contributed by atoms with Gasteiger partial charge in [0, 0.05) is 19.3 Å². The van der Waals surface area contributed by atoms with Gasteiger partial charge in [0.15, 0.2) is 0 Å². The average Bonchev–Trinajstić information content (AvgIpc) is 2.00. The van der Waals surface area contributed by atoms with Crippen molar-refractivity contribution >= 4 is 7.60 Å². The molecule has 0 saturated carbocycles. The van der Waals surface area contributed by atoms with E-state index in [-0.39, 0.29) is 6.16 Å². The Labute approximate surface area is 67.6 Å². The third-order valence-electron chi connectivity index (χ3n) is 1.35. The molecule has 0 spiro atoms. The minimum atomic E-state index is -3.34. The van der Waals surface area contributed by atoms with Gasteiger partial charge in [0.1, 0.15) is 0 Å². The maximum atomic E-state index is 11.0. The molecule has 0 aliphatic carbocycles. The summed E-state index contributed by atoms with van der Waals surface area (Å²) in [6, 6.07) is 0. The minimum absolute atomic E-state index is 0.156. The van der Waals surface area contributed by atoms with Crippen LogP contribution in [0.15, 0.2) is 0 Å². The summed E-state index contributed by atoms with van der Waals surface area (Å²) in [5.74, 6) is 0. The van der Waals surface area contributed by atoms with Gasteiger partial charge < -0.3 is 4.89 Å². The van der Waals surface area contributed by atoms with Crippen molar-refractivity contribution in [1.82, 2.24) is 5.06 Å². The lowest BCUT2D eigenvalue weighted by atomic mass is 10.6. The second kappa shape index (κ2) is 4.88. The summed E-state index contributed by atoms with van der Waals surface area (Å²) in [7, 11) is -3.34. The van der Waals surface area contributed by atoms with E-state index in [0.29, 0.717) is 13.1 Å². The normalized spacial score (nSPS) is 16.8. The molecular weight excluding hydrogens is 165 g/mol. The Hall–Kier alpha value is 0.110. The van der Waals surface area contributed by atoms with Gasteiger partial charge >= 0.3 is 7.60 Å². The first-order valence-electron chi connectivity index (χ1n) is 3.82. The van der Waals surface area contributed by atoms with E-state index in [1.165, 1.54) is 5.06 Å². The van der Waals surface area contributed by atoms with E-state index in [1.54, 1.807) is 6.92 Å². The fourth-order valence-electron chi connectivity index (χ4n) is 0.577. The molecule has 0 rings (SSSR count). The Bertz CT molecular complexity index is 147. The van der Waals surface area contributed by atoms with Crippen LogP contribution >= 0.6 is 7.60 Å². The minimum Gasteiger partial charge on any atom is -0.323 e. The summed E-state index contributed by atoms with van der Waals surface area (Å²) < 4.78 is 15.8. The zero-order chi connectivity index (χ0) is 8.91. The Morgan fingerprint density at radius 3 is 2.09 bits per heavy atom. The molecule has 1 unspecified atom stereocenters.